The van der Waals surface area contributed by atoms with Gasteiger partial charge in [0.1, 0.15) is 0 Å². The summed E-state index contributed by atoms with van der Waals surface area (Å²) in [5, 5.41) is 6.20. The van der Waals surface area contributed by atoms with E-state index in [-0.39, 0.29) is 5.91 Å². The van der Waals surface area contributed by atoms with Crippen LogP contribution in [0.5, 0.6) is 0 Å². The number of hydrogen-bond donors (Lipinski definition) is 2. The highest BCUT2D eigenvalue weighted by Gasteiger charge is 2.22. The molecule has 3 aliphatic heterocycles. The fourth-order valence-corrected chi connectivity index (χ4v) is 5.66. The van der Waals surface area contributed by atoms with Crippen LogP contribution < -0.4 is 15.5 Å². The monoisotopic (exact) mass is 512 g/mol. The average Bonchev–Trinajstić information content (AvgIpc) is 3.48. The molecule has 2 N–H and O–H groups in total. The predicted molar refractivity (Wildman–Crippen MR) is 150 cm³/mol. The van der Waals surface area contributed by atoms with Crippen LogP contribution in [0.1, 0.15) is 43.2 Å². The predicted octanol–water partition coefficient (Wildman–Crippen LogP) is 5.32. The Kier molecular flexibility index (Phi) is 7.05. The molecular formula is C30H33FN6O. The smallest absolute Gasteiger partial charge is 0.256 e. The summed E-state index contributed by atoms with van der Waals surface area (Å²) in [4.78, 5) is 26.6. The molecule has 0 unspecified atom stereocenters. The van der Waals surface area contributed by atoms with Crippen molar-refractivity contribution in [3.63, 3.8) is 0 Å². The number of fused-ring (bicyclic) bond motifs is 1. The second-order valence-electron chi connectivity index (χ2n) is 10.4. The molecule has 6 rings (SSSR count). The standard InChI is InChI=1S/C30H33FN6O/c31-27-16-24(19-34-29(27)37-12-4-5-13-37)35-30(38)25-8-9-33-28-7-6-22(15-26(25)28)23-14-21(17-32-18-23)20-36-10-2-1-3-11-36/h6-8,14-19,33H,1-5,9-13,20H2,(H,35,38). The zero-order chi connectivity index (χ0) is 25.9. The Balaban J connectivity index is 1.21. The zero-order valence-electron chi connectivity index (χ0n) is 21.5. The van der Waals surface area contributed by atoms with Crippen LogP contribution in [0.15, 0.2) is 55.0 Å². The minimum Gasteiger partial charge on any atom is -0.381 e. The van der Waals surface area contributed by atoms with Gasteiger partial charge in [0.25, 0.3) is 5.91 Å². The van der Waals surface area contributed by atoms with Crippen molar-refractivity contribution < 1.29 is 9.18 Å². The molecule has 0 radical (unpaired) electrons. The van der Waals surface area contributed by atoms with Crippen molar-refractivity contribution in [1.82, 2.24) is 14.9 Å². The lowest BCUT2D eigenvalue weighted by Gasteiger charge is -2.26. The lowest BCUT2D eigenvalue weighted by Crippen LogP contribution is -2.29. The van der Waals surface area contributed by atoms with E-state index in [9.17, 15) is 9.18 Å². The lowest BCUT2D eigenvalue weighted by atomic mass is 9.94. The molecule has 0 saturated carbocycles. The van der Waals surface area contributed by atoms with Crippen molar-refractivity contribution in [2.45, 2.75) is 38.6 Å². The van der Waals surface area contributed by atoms with E-state index in [1.165, 1.54) is 37.1 Å². The van der Waals surface area contributed by atoms with Crippen LogP contribution in [0.3, 0.4) is 0 Å². The van der Waals surface area contributed by atoms with Crippen LogP contribution in [-0.4, -0.2) is 53.5 Å². The van der Waals surface area contributed by atoms with E-state index >= 15 is 0 Å². The number of carbonyl (C=O) groups excluding carboxylic acids is 1. The molecule has 8 heteroatoms. The van der Waals surface area contributed by atoms with Gasteiger partial charge in [-0.2, -0.15) is 0 Å². The van der Waals surface area contributed by atoms with Gasteiger partial charge < -0.3 is 15.5 Å². The van der Waals surface area contributed by atoms with Gasteiger partial charge in [0, 0.05) is 67.0 Å². The molecule has 3 aromatic rings. The molecule has 5 heterocycles. The topological polar surface area (TPSA) is 73.4 Å². The molecule has 7 nitrogen and oxygen atoms in total. The van der Waals surface area contributed by atoms with Gasteiger partial charge in [-0.25, -0.2) is 9.37 Å². The molecule has 2 fully saturated rings. The Morgan fingerprint density at radius 1 is 0.947 bits per heavy atom. The third-order valence-electron chi connectivity index (χ3n) is 7.62. The molecule has 38 heavy (non-hydrogen) atoms. The Bertz CT molecular complexity index is 1360. The number of nitrogens with zero attached hydrogens (tertiary/aromatic N) is 4. The van der Waals surface area contributed by atoms with E-state index in [1.807, 2.05) is 35.5 Å². The van der Waals surface area contributed by atoms with Gasteiger partial charge in [-0.1, -0.05) is 18.6 Å². The highest BCUT2D eigenvalue weighted by Crippen LogP contribution is 2.33. The Morgan fingerprint density at radius 2 is 1.76 bits per heavy atom. The van der Waals surface area contributed by atoms with Gasteiger partial charge in [-0.05, 0) is 68.1 Å². The van der Waals surface area contributed by atoms with E-state index in [1.54, 1.807) is 0 Å². The summed E-state index contributed by atoms with van der Waals surface area (Å²) >= 11 is 0. The molecule has 2 saturated heterocycles. The highest BCUT2D eigenvalue weighted by atomic mass is 19.1. The summed E-state index contributed by atoms with van der Waals surface area (Å²) < 4.78 is 14.8. The van der Waals surface area contributed by atoms with Crippen LogP contribution in [-0.2, 0) is 11.3 Å². The summed E-state index contributed by atoms with van der Waals surface area (Å²) in [6.45, 7) is 5.35. The maximum absolute atomic E-state index is 14.8. The van der Waals surface area contributed by atoms with Gasteiger partial charge in [-0.15, -0.1) is 0 Å². The first-order valence-electron chi connectivity index (χ1n) is 13.6. The second-order valence-corrected chi connectivity index (χ2v) is 10.4. The Labute approximate surface area is 222 Å². The van der Waals surface area contributed by atoms with Gasteiger partial charge in [0.15, 0.2) is 11.6 Å². The summed E-state index contributed by atoms with van der Waals surface area (Å²) in [7, 11) is 0. The number of piperidine rings is 1. The number of carbonyl (C=O) groups is 1. The molecule has 0 bridgehead atoms. The van der Waals surface area contributed by atoms with E-state index in [2.05, 4.69) is 37.6 Å². The largest absolute Gasteiger partial charge is 0.381 e. The first-order valence-corrected chi connectivity index (χ1v) is 13.6. The number of halogens is 1. The maximum Gasteiger partial charge on any atom is 0.256 e. The van der Waals surface area contributed by atoms with E-state index in [0.717, 1.165) is 67.9 Å². The SMILES string of the molecule is O=C(Nc1cnc(N2CCCC2)c(F)c1)C1=CCNc2ccc(-c3cncc(CN4CCCCC4)c3)cc21. The van der Waals surface area contributed by atoms with Crippen molar-refractivity contribution in [2.75, 3.05) is 48.3 Å². The van der Waals surface area contributed by atoms with Crippen LogP contribution in [0.2, 0.25) is 0 Å². The maximum atomic E-state index is 14.8. The molecule has 3 aliphatic rings. The minimum atomic E-state index is -0.413. The first kappa shape index (κ1) is 24.6. The van der Waals surface area contributed by atoms with Gasteiger partial charge in [0.05, 0.1) is 11.9 Å². The lowest BCUT2D eigenvalue weighted by molar-refractivity contribution is -0.111. The third kappa shape index (κ3) is 5.27. The van der Waals surface area contributed by atoms with Gasteiger partial charge >= 0.3 is 0 Å². The molecule has 0 atom stereocenters. The van der Waals surface area contributed by atoms with Crippen molar-refractivity contribution in [2.24, 2.45) is 0 Å². The number of pyridine rings is 2. The van der Waals surface area contributed by atoms with Crippen molar-refractivity contribution >= 4 is 28.7 Å². The molecule has 2 aromatic heterocycles. The molecule has 0 aliphatic carbocycles. The van der Waals surface area contributed by atoms with Crippen LogP contribution >= 0.6 is 0 Å². The fourth-order valence-electron chi connectivity index (χ4n) is 5.66. The normalized spacial score (nSPS) is 17.5. The van der Waals surface area contributed by atoms with Crippen molar-refractivity contribution in [3.05, 3.63) is 71.9 Å². The Hall–Kier alpha value is -3.78. The zero-order valence-corrected chi connectivity index (χ0v) is 21.5. The number of hydrogen-bond acceptors (Lipinski definition) is 6. The van der Waals surface area contributed by atoms with Gasteiger partial charge in [-0.3, -0.25) is 14.7 Å². The van der Waals surface area contributed by atoms with E-state index in [0.29, 0.717) is 23.6 Å². The number of aromatic nitrogens is 2. The average molecular weight is 513 g/mol. The number of likely N-dealkylation sites (tertiary alicyclic amines) is 1. The van der Waals surface area contributed by atoms with Crippen molar-refractivity contribution in [1.29, 1.82) is 0 Å². The number of nitrogens with one attached hydrogen (secondary N) is 2. The van der Waals surface area contributed by atoms with Crippen LogP contribution in [0, 0.1) is 5.82 Å². The molecule has 1 aromatic carbocycles. The summed E-state index contributed by atoms with van der Waals surface area (Å²) in [6.07, 6.45) is 13.1. The third-order valence-corrected chi connectivity index (χ3v) is 7.62. The van der Waals surface area contributed by atoms with Crippen molar-refractivity contribution in [3.8, 4) is 11.1 Å². The number of amides is 1. The molecule has 196 valence electrons. The molecular weight excluding hydrogens is 479 g/mol. The highest BCUT2D eigenvalue weighted by molar-refractivity contribution is 6.27. The number of benzene rings is 1. The van der Waals surface area contributed by atoms with Gasteiger partial charge in [0.2, 0.25) is 0 Å². The quantitative estimate of drug-likeness (QED) is 0.466. The fraction of sp³-hybridized carbons (Fsp3) is 0.367. The first-order chi connectivity index (χ1) is 18.6. The summed E-state index contributed by atoms with van der Waals surface area (Å²) in [5.41, 5.74) is 5.84. The van der Waals surface area contributed by atoms with Crippen LogP contribution in [0.4, 0.5) is 21.6 Å². The molecule has 0 spiro atoms. The number of rotatable bonds is 6. The summed E-state index contributed by atoms with van der Waals surface area (Å²) in [6, 6.07) is 9.65. The summed E-state index contributed by atoms with van der Waals surface area (Å²) in [5.74, 6) is -0.340. The molecule has 1 amide bonds. The van der Waals surface area contributed by atoms with Crippen LogP contribution in [0.25, 0.3) is 16.7 Å². The number of anilines is 3. The Morgan fingerprint density at radius 3 is 2.58 bits per heavy atom. The second kappa shape index (κ2) is 10.9. The minimum absolute atomic E-state index is 0.281. The van der Waals surface area contributed by atoms with E-state index < -0.39 is 5.82 Å². The van der Waals surface area contributed by atoms with E-state index in [4.69, 9.17) is 0 Å².